The quantitative estimate of drug-likeness (QED) is 0.0264. The Balaban J connectivity index is 1.51. The van der Waals surface area contributed by atoms with Gasteiger partial charge in [0.15, 0.2) is 12.2 Å². The lowest BCUT2D eigenvalue weighted by Gasteiger charge is -2.25. The number of rotatable bonds is 26. The predicted molar refractivity (Wildman–Crippen MR) is 214 cm³/mol. The highest BCUT2D eigenvalue weighted by Crippen LogP contribution is 2.24. The second-order valence-electron chi connectivity index (χ2n) is 14.0. The molecule has 15 N–H and O–H groups in total. The summed E-state index contributed by atoms with van der Waals surface area (Å²) in [5.74, 6) is -3.43. The molecule has 0 heterocycles. The lowest BCUT2D eigenvalue weighted by atomic mass is 10.0. The zero-order valence-corrected chi connectivity index (χ0v) is 32.8. The van der Waals surface area contributed by atoms with Crippen LogP contribution in [-0.4, -0.2) is 200 Å². The van der Waals surface area contributed by atoms with Gasteiger partial charge in [0.2, 0.25) is 11.8 Å². The van der Waals surface area contributed by atoms with Gasteiger partial charge in [-0.15, -0.1) is 0 Å². The van der Waals surface area contributed by atoms with Crippen molar-refractivity contribution in [3.63, 3.8) is 0 Å². The number of carbonyl (C=O) groups is 5. The Kier molecular flexibility index (Phi) is 20.6. The van der Waals surface area contributed by atoms with E-state index in [1.807, 2.05) is 42.5 Å². The minimum absolute atomic E-state index is 0.0705. The number of fused-ring (bicyclic) bond motifs is 2. The van der Waals surface area contributed by atoms with Crippen molar-refractivity contribution in [2.24, 2.45) is 0 Å². The summed E-state index contributed by atoms with van der Waals surface area (Å²) in [6.45, 7) is -1.74. The van der Waals surface area contributed by atoms with Crippen LogP contribution in [-0.2, 0) is 19.2 Å². The minimum atomic E-state index is -2.14. The van der Waals surface area contributed by atoms with Crippen molar-refractivity contribution >= 4 is 51.1 Å². The van der Waals surface area contributed by atoms with Gasteiger partial charge < -0.3 is 82.5 Å². The molecule has 332 valence electrons. The fourth-order valence-corrected chi connectivity index (χ4v) is 5.88. The number of benzene rings is 3. The Morgan fingerprint density at radius 3 is 1.38 bits per heavy atom. The first-order valence-corrected chi connectivity index (χ1v) is 19.3. The molecule has 60 heavy (non-hydrogen) atoms. The number of amides is 5. The standard InChI is InChI=1S/C39H56N6O15/c46-20-27(48)31(52)33(54)35(56)38(59)42-11-9-40-29(50)7-14-45(15-8-30(51)41-10-12-43-39(60)36(57)34(55)32(53)28(49)21-47)16-13-44-37(58)25-6-5-24-17-22-3-1-2-4-23(22)18-26(24)19-25/h1-6,17-19,27-28,31-36,46-49,52-57H,7-16,20-21H2,(H,40,50)(H,41,51)(H,42,59)(H,43,60)(H,44,58)/t27-,28-,31-,32-,33+,34+,35-,36-/m1/s1. The van der Waals surface area contributed by atoms with Gasteiger partial charge in [0, 0.05) is 70.8 Å². The largest absolute Gasteiger partial charge is 0.394 e. The molecule has 3 aromatic carbocycles. The SMILES string of the molecule is O=C(CCN(CCNC(=O)c1ccc2cc3ccccc3cc2c1)CCC(=O)NCCNC(=O)[C@H](O)[C@@H](O)[C@H](O)[C@H](O)CO)NCCNC(=O)[C@H](O)[C@@H](O)[C@H](O)[C@H](O)CO. The zero-order valence-electron chi connectivity index (χ0n) is 32.8. The van der Waals surface area contributed by atoms with Crippen molar-refractivity contribution in [1.82, 2.24) is 31.5 Å². The summed E-state index contributed by atoms with van der Waals surface area (Å²) in [5.41, 5.74) is 0.434. The van der Waals surface area contributed by atoms with Crippen molar-refractivity contribution in [2.45, 2.75) is 61.7 Å². The lowest BCUT2D eigenvalue weighted by molar-refractivity contribution is -0.149. The maximum atomic E-state index is 13.1. The monoisotopic (exact) mass is 848 g/mol. The van der Waals surface area contributed by atoms with Gasteiger partial charge in [0.05, 0.1) is 13.2 Å². The first-order chi connectivity index (χ1) is 28.6. The highest BCUT2D eigenvalue weighted by atomic mass is 16.4. The van der Waals surface area contributed by atoms with Crippen molar-refractivity contribution in [3.8, 4) is 0 Å². The molecule has 5 amide bonds. The smallest absolute Gasteiger partial charge is 0.251 e. The van der Waals surface area contributed by atoms with Crippen molar-refractivity contribution in [3.05, 3.63) is 60.2 Å². The molecule has 0 saturated carbocycles. The Morgan fingerprint density at radius 1 is 0.483 bits per heavy atom. The number of aliphatic hydroxyl groups is 10. The summed E-state index contributed by atoms with van der Waals surface area (Å²) in [7, 11) is 0. The average molecular weight is 849 g/mol. The highest BCUT2D eigenvalue weighted by Gasteiger charge is 2.35. The third kappa shape index (κ3) is 15.3. The first kappa shape index (κ1) is 49.5. The normalized spacial score (nSPS) is 15.6. The molecule has 0 bridgehead atoms. The summed E-state index contributed by atoms with van der Waals surface area (Å²) in [4.78, 5) is 64.4. The molecule has 0 aliphatic rings. The van der Waals surface area contributed by atoms with Crippen LogP contribution in [0.1, 0.15) is 23.2 Å². The molecule has 21 nitrogen and oxygen atoms in total. The number of aliphatic hydroxyl groups excluding tert-OH is 10. The maximum Gasteiger partial charge on any atom is 0.251 e. The number of hydrogen-bond donors (Lipinski definition) is 15. The van der Waals surface area contributed by atoms with Gasteiger partial charge in [-0.1, -0.05) is 30.3 Å². The van der Waals surface area contributed by atoms with E-state index in [0.29, 0.717) is 5.56 Å². The Morgan fingerprint density at radius 2 is 0.917 bits per heavy atom. The van der Waals surface area contributed by atoms with Crippen LogP contribution in [0.3, 0.4) is 0 Å². The van der Waals surface area contributed by atoms with E-state index in [2.05, 4.69) is 26.6 Å². The van der Waals surface area contributed by atoms with Crippen LogP contribution in [0.4, 0.5) is 0 Å². The molecule has 0 fully saturated rings. The van der Waals surface area contributed by atoms with Crippen molar-refractivity contribution in [1.29, 1.82) is 0 Å². The van der Waals surface area contributed by atoms with E-state index in [9.17, 15) is 64.8 Å². The second-order valence-corrected chi connectivity index (χ2v) is 14.0. The Bertz CT molecular complexity index is 1810. The topological polar surface area (TPSA) is 351 Å². The molecule has 3 rings (SSSR count). The third-order valence-electron chi connectivity index (χ3n) is 9.53. The number of nitrogens with zero attached hydrogens (tertiary/aromatic N) is 1. The Labute approximate surface area is 344 Å². The first-order valence-electron chi connectivity index (χ1n) is 19.3. The molecule has 0 spiro atoms. The van der Waals surface area contributed by atoms with E-state index in [-0.39, 0.29) is 71.1 Å². The van der Waals surface area contributed by atoms with Gasteiger partial charge in [0.25, 0.3) is 17.7 Å². The minimum Gasteiger partial charge on any atom is -0.394 e. The zero-order chi connectivity index (χ0) is 44.4. The molecule has 0 radical (unpaired) electrons. The molecule has 21 heteroatoms. The van der Waals surface area contributed by atoms with Crippen LogP contribution < -0.4 is 26.6 Å². The molecule has 3 aromatic rings. The molecule has 0 saturated heterocycles. The predicted octanol–water partition coefficient (Wildman–Crippen LogP) is -5.86. The van der Waals surface area contributed by atoms with Gasteiger partial charge in [-0.2, -0.15) is 0 Å². The molecule has 0 aliphatic heterocycles. The number of nitrogens with one attached hydrogen (secondary N) is 5. The van der Waals surface area contributed by atoms with Gasteiger partial charge in [-0.25, -0.2) is 0 Å². The molecule has 0 aromatic heterocycles. The number of hydrogen-bond acceptors (Lipinski definition) is 16. The highest BCUT2D eigenvalue weighted by molar-refractivity contribution is 6.03. The maximum absolute atomic E-state index is 13.1. The second kappa shape index (κ2) is 25.0. The van der Waals surface area contributed by atoms with E-state index < -0.39 is 85.7 Å². The van der Waals surface area contributed by atoms with Crippen LogP contribution >= 0.6 is 0 Å². The summed E-state index contributed by atoms with van der Waals surface area (Å²) >= 11 is 0. The van der Waals surface area contributed by atoms with E-state index in [4.69, 9.17) is 10.2 Å². The molecular weight excluding hydrogens is 792 g/mol. The van der Waals surface area contributed by atoms with Crippen molar-refractivity contribution in [2.75, 3.05) is 65.6 Å². The van der Waals surface area contributed by atoms with Crippen LogP contribution in [0.5, 0.6) is 0 Å². The van der Waals surface area contributed by atoms with Gasteiger partial charge >= 0.3 is 0 Å². The van der Waals surface area contributed by atoms with Crippen LogP contribution in [0, 0.1) is 0 Å². The van der Waals surface area contributed by atoms with Crippen LogP contribution in [0.25, 0.3) is 21.5 Å². The van der Waals surface area contributed by atoms with E-state index in [1.165, 1.54) is 0 Å². The van der Waals surface area contributed by atoms with E-state index in [1.54, 1.807) is 17.0 Å². The Hall–Kier alpha value is -4.91. The summed E-state index contributed by atoms with van der Waals surface area (Å²) in [6.07, 6.45) is -16.2. The van der Waals surface area contributed by atoms with Gasteiger partial charge in [-0.05, 0) is 45.8 Å². The summed E-state index contributed by atoms with van der Waals surface area (Å²) in [6, 6.07) is 17.3. The summed E-state index contributed by atoms with van der Waals surface area (Å²) in [5, 5.41) is 112. The molecule has 0 unspecified atom stereocenters. The lowest BCUT2D eigenvalue weighted by Crippen LogP contribution is -2.52. The third-order valence-corrected chi connectivity index (χ3v) is 9.53. The molecule has 8 atom stereocenters. The van der Waals surface area contributed by atoms with Crippen molar-refractivity contribution < 1.29 is 75.0 Å². The summed E-state index contributed by atoms with van der Waals surface area (Å²) < 4.78 is 0. The number of carbonyl (C=O) groups excluding carboxylic acids is 5. The van der Waals surface area contributed by atoms with Gasteiger partial charge in [0.1, 0.15) is 36.6 Å². The molecule has 0 aliphatic carbocycles. The molecular formula is C39H56N6O15. The van der Waals surface area contributed by atoms with E-state index >= 15 is 0 Å². The van der Waals surface area contributed by atoms with Crippen LogP contribution in [0.2, 0.25) is 0 Å². The fourth-order valence-electron chi connectivity index (χ4n) is 5.88. The van der Waals surface area contributed by atoms with Gasteiger partial charge in [-0.3, -0.25) is 24.0 Å². The fraction of sp³-hybridized carbons (Fsp3) is 0.513. The van der Waals surface area contributed by atoms with E-state index in [0.717, 1.165) is 21.5 Å². The average Bonchev–Trinajstić information content (AvgIpc) is 3.26. The van der Waals surface area contributed by atoms with Crippen LogP contribution in [0.15, 0.2) is 54.6 Å².